The molecule has 1 aliphatic heterocycles. The Bertz CT molecular complexity index is 819. The molecular weight excluding hydrogens is 398 g/mol. The number of hydrogen-bond acceptors (Lipinski definition) is 4. The van der Waals surface area contributed by atoms with Gasteiger partial charge in [0.15, 0.2) is 0 Å². The van der Waals surface area contributed by atoms with Crippen LogP contribution in [0.5, 0.6) is 0 Å². The molecule has 6 nitrogen and oxygen atoms in total. The summed E-state index contributed by atoms with van der Waals surface area (Å²) >= 11 is 0. The fourth-order valence-corrected chi connectivity index (χ4v) is 5.92. The van der Waals surface area contributed by atoms with E-state index in [1.165, 1.54) is 31.7 Å². The van der Waals surface area contributed by atoms with Crippen LogP contribution < -0.4 is 10.0 Å². The Morgan fingerprint density at radius 2 is 1.83 bits per heavy atom. The van der Waals surface area contributed by atoms with Gasteiger partial charge in [0.05, 0.1) is 4.90 Å². The Morgan fingerprint density at radius 3 is 2.57 bits per heavy atom. The first-order valence-electron chi connectivity index (χ1n) is 11.5. The van der Waals surface area contributed by atoms with Crippen molar-refractivity contribution in [3.63, 3.8) is 0 Å². The zero-order valence-corrected chi connectivity index (χ0v) is 19.3. The molecule has 1 heterocycles. The lowest BCUT2D eigenvalue weighted by atomic mass is 9.96. The van der Waals surface area contributed by atoms with Crippen LogP contribution in [0, 0.1) is 6.92 Å². The van der Waals surface area contributed by atoms with Crippen LogP contribution in [0.15, 0.2) is 23.1 Å². The van der Waals surface area contributed by atoms with Crippen molar-refractivity contribution in [2.45, 2.75) is 88.6 Å². The van der Waals surface area contributed by atoms with Crippen molar-refractivity contribution < 1.29 is 13.2 Å². The molecule has 1 saturated carbocycles. The van der Waals surface area contributed by atoms with Gasteiger partial charge in [-0.2, -0.15) is 0 Å². The average Bonchev–Trinajstić information content (AvgIpc) is 2.73. The summed E-state index contributed by atoms with van der Waals surface area (Å²) in [5.74, 6) is -0.200. The van der Waals surface area contributed by atoms with E-state index in [2.05, 4.69) is 21.9 Å². The second kappa shape index (κ2) is 10.7. The van der Waals surface area contributed by atoms with E-state index in [0.717, 1.165) is 50.8 Å². The summed E-state index contributed by atoms with van der Waals surface area (Å²) in [4.78, 5) is 15.4. The van der Waals surface area contributed by atoms with Gasteiger partial charge in [0.25, 0.3) is 5.91 Å². The van der Waals surface area contributed by atoms with Crippen LogP contribution in [0.25, 0.3) is 0 Å². The molecule has 2 aliphatic rings. The minimum atomic E-state index is -3.62. The first-order valence-corrected chi connectivity index (χ1v) is 13.0. The van der Waals surface area contributed by atoms with Crippen LogP contribution >= 0.6 is 0 Å². The molecule has 0 aromatic heterocycles. The van der Waals surface area contributed by atoms with Crippen molar-refractivity contribution in [2.24, 2.45) is 0 Å². The van der Waals surface area contributed by atoms with E-state index in [4.69, 9.17) is 0 Å². The SMILES string of the molecule is Cc1ccc(S(=O)(=O)NC2CCCCC2)cc1C(=O)NCCCN1CCCC[C@H]1C. The number of piperidine rings is 1. The molecule has 7 heteroatoms. The van der Waals surface area contributed by atoms with Gasteiger partial charge in [0, 0.05) is 30.7 Å². The highest BCUT2D eigenvalue weighted by Gasteiger charge is 2.23. The van der Waals surface area contributed by atoms with Crippen molar-refractivity contribution in [1.29, 1.82) is 0 Å². The molecule has 2 fully saturated rings. The maximum atomic E-state index is 12.8. The highest BCUT2D eigenvalue weighted by Crippen LogP contribution is 2.21. The number of rotatable bonds is 8. The Balaban J connectivity index is 1.56. The molecule has 168 valence electrons. The lowest BCUT2D eigenvalue weighted by Crippen LogP contribution is -2.39. The fourth-order valence-electron chi connectivity index (χ4n) is 4.59. The zero-order valence-electron chi connectivity index (χ0n) is 18.5. The van der Waals surface area contributed by atoms with Gasteiger partial charge in [0.2, 0.25) is 10.0 Å². The van der Waals surface area contributed by atoms with Crippen LogP contribution in [-0.2, 0) is 10.0 Å². The summed E-state index contributed by atoms with van der Waals surface area (Å²) in [7, 11) is -3.62. The number of nitrogens with zero attached hydrogens (tertiary/aromatic N) is 1. The third kappa shape index (κ3) is 6.28. The monoisotopic (exact) mass is 435 g/mol. The Kier molecular flexibility index (Phi) is 8.31. The van der Waals surface area contributed by atoms with Crippen LogP contribution in [0.4, 0.5) is 0 Å². The first-order chi connectivity index (χ1) is 14.4. The average molecular weight is 436 g/mol. The Morgan fingerprint density at radius 1 is 1.10 bits per heavy atom. The minimum absolute atomic E-state index is 0.000455. The topological polar surface area (TPSA) is 78.5 Å². The summed E-state index contributed by atoms with van der Waals surface area (Å²) in [6.07, 6.45) is 9.77. The quantitative estimate of drug-likeness (QED) is 0.612. The predicted octanol–water partition coefficient (Wildman–Crippen LogP) is 3.60. The summed E-state index contributed by atoms with van der Waals surface area (Å²) in [6.45, 7) is 6.84. The van der Waals surface area contributed by atoms with E-state index in [9.17, 15) is 13.2 Å². The van der Waals surface area contributed by atoms with Crippen LogP contribution in [0.3, 0.4) is 0 Å². The van der Waals surface area contributed by atoms with E-state index in [1.54, 1.807) is 12.1 Å². The van der Waals surface area contributed by atoms with Crippen molar-refractivity contribution in [1.82, 2.24) is 14.9 Å². The molecule has 1 saturated heterocycles. The second-order valence-corrected chi connectivity index (χ2v) is 10.6. The number of amides is 1. The van der Waals surface area contributed by atoms with Gasteiger partial charge in [-0.3, -0.25) is 4.79 Å². The predicted molar refractivity (Wildman–Crippen MR) is 120 cm³/mol. The smallest absolute Gasteiger partial charge is 0.251 e. The molecule has 1 aromatic carbocycles. The molecule has 0 radical (unpaired) electrons. The number of nitrogens with one attached hydrogen (secondary N) is 2. The highest BCUT2D eigenvalue weighted by atomic mass is 32.2. The molecule has 2 N–H and O–H groups in total. The number of hydrogen-bond donors (Lipinski definition) is 2. The van der Waals surface area contributed by atoms with Crippen molar-refractivity contribution in [3.05, 3.63) is 29.3 Å². The number of likely N-dealkylation sites (tertiary alicyclic amines) is 1. The van der Waals surface area contributed by atoms with Crippen LogP contribution in [0.1, 0.15) is 80.6 Å². The molecule has 30 heavy (non-hydrogen) atoms. The van der Waals surface area contributed by atoms with Crippen molar-refractivity contribution in [2.75, 3.05) is 19.6 Å². The van der Waals surface area contributed by atoms with Crippen molar-refractivity contribution >= 4 is 15.9 Å². The van der Waals surface area contributed by atoms with E-state index < -0.39 is 10.0 Å². The Labute approximate surface area is 181 Å². The summed E-state index contributed by atoms with van der Waals surface area (Å²) in [5, 5.41) is 2.97. The van der Waals surface area contributed by atoms with E-state index in [-0.39, 0.29) is 16.8 Å². The third-order valence-electron chi connectivity index (χ3n) is 6.54. The van der Waals surface area contributed by atoms with Gasteiger partial charge >= 0.3 is 0 Å². The summed E-state index contributed by atoms with van der Waals surface area (Å²) in [6, 6.07) is 5.45. The molecule has 1 aromatic rings. The Hall–Kier alpha value is -1.44. The van der Waals surface area contributed by atoms with E-state index >= 15 is 0 Å². The van der Waals surface area contributed by atoms with Gasteiger partial charge < -0.3 is 10.2 Å². The van der Waals surface area contributed by atoms with Gasteiger partial charge in [-0.05, 0) is 70.2 Å². The number of carbonyl (C=O) groups is 1. The van der Waals surface area contributed by atoms with Crippen LogP contribution in [-0.4, -0.2) is 50.9 Å². The highest BCUT2D eigenvalue weighted by molar-refractivity contribution is 7.89. The maximum absolute atomic E-state index is 12.8. The number of aryl methyl sites for hydroxylation is 1. The van der Waals surface area contributed by atoms with Gasteiger partial charge in [-0.15, -0.1) is 0 Å². The molecule has 0 bridgehead atoms. The molecule has 1 amide bonds. The van der Waals surface area contributed by atoms with E-state index in [1.807, 2.05) is 6.92 Å². The molecule has 0 spiro atoms. The molecule has 1 aliphatic carbocycles. The number of benzene rings is 1. The number of carbonyl (C=O) groups excluding carboxylic acids is 1. The van der Waals surface area contributed by atoms with Crippen molar-refractivity contribution in [3.8, 4) is 0 Å². The zero-order chi connectivity index (χ0) is 21.6. The molecule has 1 atom stereocenters. The third-order valence-corrected chi connectivity index (χ3v) is 8.06. The lowest BCUT2D eigenvalue weighted by molar-refractivity contribution is 0.0948. The van der Waals surface area contributed by atoms with Crippen LogP contribution in [0.2, 0.25) is 0 Å². The first kappa shape index (κ1) is 23.2. The van der Waals surface area contributed by atoms with E-state index in [0.29, 0.717) is 18.2 Å². The summed E-state index contributed by atoms with van der Waals surface area (Å²) < 4.78 is 28.4. The minimum Gasteiger partial charge on any atom is -0.352 e. The molecular formula is C23H37N3O3S. The molecule has 0 unspecified atom stereocenters. The largest absolute Gasteiger partial charge is 0.352 e. The maximum Gasteiger partial charge on any atom is 0.251 e. The van der Waals surface area contributed by atoms with Gasteiger partial charge in [-0.1, -0.05) is 31.7 Å². The van der Waals surface area contributed by atoms with Gasteiger partial charge in [-0.25, -0.2) is 13.1 Å². The normalized spacial score (nSPS) is 21.5. The second-order valence-electron chi connectivity index (χ2n) is 8.92. The standard InChI is InChI=1S/C23H37N3O3S/c1-18-12-13-21(30(28,29)25-20-10-4-3-5-11-20)17-22(18)23(27)24-14-8-16-26-15-7-6-9-19(26)2/h12-13,17,19-20,25H,3-11,14-16H2,1-2H3,(H,24,27)/t19-/m1/s1. The fraction of sp³-hybridized carbons (Fsp3) is 0.696. The molecule has 3 rings (SSSR count). The summed E-state index contributed by atoms with van der Waals surface area (Å²) in [5.41, 5.74) is 1.22. The lowest BCUT2D eigenvalue weighted by Gasteiger charge is -2.33. The number of sulfonamides is 1. The van der Waals surface area contributed by atoms with Gasteiger partial charge in [0.1, 0.15) is 0 Å².